The highest BCUT2D eigenvalue weighted by atomic mass is 16.5. The van der Waals surface area contributed by atoms with Gasteiger partial charge in [-0.25, -0.2) is 9.97 Å². The van der Waals surface area contributed by atoms with Gasteiger partial charge >= 0.3 is 0 Å². The predicted molar refractivity (Wildman–Crippen MR) is 128 cm³/mol. The highest BCUT2D eigenvalue weighted by Gasteiger charge is 2.21. The minimum atomic E-state index is -0.319. The first kappa shape index (κ1) is 25.1. The van der Waals surface area contributed by atoms with Crippen LogP contribution in [0.15, 0.2) is 36.9 Å². The monoisotopic (exact) mass is 467 g/mol. The van der Waals surface area contributed by atoms with Gasteiger partial charge < -0.3 is 19.7 Å². The van der Waals surface area contributed by atoms with E-state index in [2.05, 4.69) is 31.3 Å². The maximum absolute atomic E-state index is 12.5. The number of ether oxygens (including phenoxy) is 2. The molecular weight excluding hydrogens is 434 g/mol. The molecule has 0 saturated carbocycles. The van der Waals surface area contributed by atoms with Crippen LogP contribution in [0.4, 0.5) is 0 Å². The van der Waals surface area contributed by atoms with Crippen LogP contribution in [0.25, 0.3) is 5.95 Å². The molecule has 1 N–H and O–H groups in total. The minimum absolute atomic E-state index is 0.00470. The van der Waals surface area contributed by atoms with Crippen molar-refractivity contribution in [3.63, 3.8) is 0 Å². The third-order valence-corrected chi connectivity index (χ3v) is 5.41. The molecule has 0 saturated heterocycles. The predicted octanol–water partition coefficient (Wildman–Crippen LogP) is 2.51. The number of amides is 1. The summed E-state index contributed by atoms with van der Waals surface area (Å²) in [6.45, 7) is 2.55. The van der Waals surface area contributed by atoms with Crippen molar-refractivity contribution in [2.45, 2.75) is 38.6 Å². The molecule has 182 valence electrons. The van der Waals surface area contributed by atoms with Crippen LogP contribution >= 0.6 is 0 Å². The lowest BCUT2D eigenvalue weighted by Gasteiger charge is -2.20. The average Bonchev–Trinajstić information content (AvgIpc) is 3.37. The molecule has 1 unspecified atom stereocenters. The Balaban J connectivity index is 1.64. The molecule has 0 spiro atoms. The quantitative estimate of drug-likeness (QED) is 0.405. The number of unbranched alkanes of at least 4 members (excludes halogenated alkanes) is 1. The van der Waals surface area contributed by atoms with Crippen LogP contribution in [-0.2, 0) is 11.2 Å². The van der Waals surface area contributed by atoms with Gasteiger partial charge in [-0.1, -0.05) is 6.07 Å². The maximum atomic E-state index is 12.5. The van der Waals surface area contributed by atoms with Gasteiger partial charge in [0, 0.05) is 32.9 Å². The molecule has 0 radical (unpaired) electrons. The van der Waals surface area contributed by atoms with Crippen molar-refractivity contribution in [3.8, 4) is 17.4 Å². The van der Waals surface area contributed by atoms with Gasteiger partial charge in [-0.3, -0.25) is 9.36 Å². The van der Waals surface area contributed by atoms with Crippen LogP contribution in [0.3, 0.4) is 0 Å². The Morgan fingerprint density at radius 1 is 1.12 bits per heavy atom. The van der Waals surface area contributed by atoms with Gasteiger partial charge in [0.2, 0.25) is 11.9 Å². The summed E-state index contributed by atoms with van der Waals surface area (Å²) in [5, 5.41) is 3.48. The van der Waals surface area contributed by atoms with E-state index in [1.807, 2.05) is 19.1 Å². The van der Waals surface area contributed by atoms with Crippen LogP contribution in [0.1, 0.15) is 42.5 Å². The van der Waals surface area contributed by atoms with Crippen molar-refractivity contribution in [1.29, 1.82) is 0 Å². The number of carbonyl (C=O) groups excluding carboxylic acids is 1. The minimum Gasteiger partial charge on any atom is -0.493 e. The van der Waals surface area contributed by atoms with Crippen LogP contribution in [0.2, 0.25) is 0 Å². The van der Waals surface area contributed by atoms with Crippen molar-refractivity contribution in [2.75, 3.05) is 34.9 Å². The van der Waals surface area contributed by atoms with E-state index < -0.39 is 0 Å². The smallest absolute Gasteiger partial charge is 0.238 e. The van der Waals surface area contributed by atoms with Gasteiger partial charge in [0.05, 0.1) is 20.3 Å². The summed E-state index contributed by atoms with van der Waals surface area (Å²) in [4.78, 5) is 31.7. The molecule has 34 heavy (non-hydrogen) atoms. The number of benzene rings is 1. The summed E-state index contributed by atoms with van der Waals surface area (Å²) >= 11 is 0. The second-order valence-electron chi connectivity index (χ2n) is 8.16. The van der Waals surface area contributed by atoms with Crippen molar-refractivity contribution >= 4 is 5.91 Å². The van der Waals surface area contributed by atoms with Crippen molar-refractivity contribution in [1.82, 2.24) is 34.7 Å². The molecule has 1 amide bonds. The zero-order valence-electron chi connectivity index (χ0n) is 20.5. The summed E-state index contributed by atoms with van der Waals surface area (Å²) in [5.41, 5.74) is 1.19. The van der Waals surface area contributed by atoms with E-state index in [0.29, 0.717) is 17.6 Å². The van der Waals surface area contributed by atoms with E-state index >= 15 is 0 Å². The number of carbonyl (C=O) groups is 1. The molecule has 3 rings (SSSR count). The van der Waals surface area contributed by atoms with Crippen LogP contribution in [-0.4, -0.2) is 70.2 Å². The standard InChI is InChI=1S/C24H33N7O3/c1-17-27-23(29-24(28-17)31-13-12-25-16-31)19(15-22(32)30(2)3)26-11-7-6-8-18-9-10-20(33-4)21(14-18)34-5/h9-10,12-14,16,19,26H,6-8,11,15H2,1-5H3. The Labute approximate surface area is 200 Å². The number of hydrogen-bond donors (Lipinski definition) is 1. The highest BCUT2D eigenvalue weighted by Crippen LogP contribution is 2.28. The number of nitrogens with zero attached hydrogens (tertiary/aromatic N) is 6. The molecule has 10 heteroatoms. The summed E-state index contributed by atoms with van der Waals surface area (Å²) < 4.78 is 12.4. The van der Waals surface area contributed by atoms with Gasteiger partial charge in [-0.2, -0.15) is 9.97 Å². The third kappa shape index (κ3) is 6.74. The molecule has 2 aromatic heterocycles. The molecular formula is C24H33N7O3. The number of imidazole rings is 1. The van der Waals surface area contributed by atoms with Crippen molar-refractivity contribution in [3.05, 3.63) is 54.1 Å². The van der Waals surface area contributed by atoms with Gasteiger partial charge in [0.1, 0.15) is 12.2 Å². The van der Waals surface area contributed by atoms with Gasteiger partial charge in [-0.15, -0.1) is 0 Å². The van der Waals surface area contributed by atoms with Gasteiger partial charge in [0.15, 0.2) is 17.3 Å². The molecule has 0 aliphatic heterocycles. The molecule has 0 aliphatic carbocycles. The molecule has 0 bridgehead atoms. The number of aromatic nitrogens is 5. The first-order valence-electron chi connectivity index (χ1n) is 11.3. The van der Waals surface area contributed by atoms with E-state index in [-0.39, 0.29) is 18.4 Å². The third-order valence-electron chi connectivity index (χ3n) is 5.41. The lowest BCUT2D eigenvalue weighted by Crippen LogP contribution is -2.32. The lowest BCUT2D eigenvalue weighted by molar-refractivity contribution is -0.129. The van der Waals surface area contributed by atoms with Crippen molar-refractivity contribution < 1.29 is 14.3 Å². The first-order valence-corrected chi connectivity index (χ1v) is 11.3. The lowest BCUT2D eigenvalue weighted by atomic mass is 10.1. The largest absolute Gasteiger partial charge is 0.493 e. The second kappa shape index (κ2) is 12.1. The van der Waals surface area contributed by atoms with Crippen molar-refractivity contribution in [2.24, 2.45) is 0 Å². The maximum Gasteiger partial charge on any atom is 0.238 e. The molecule has 10 nitrogen and oxygen atoms in total. The number of aryl methyl sites for hydroxylation is 2. The number of rotatable bonds is 12. The molecule has 0 aliphatic rings. The molecule has 1 atom stereocenters. The Bertz CT molecular complexity index is 1070. The highest BCUT2D eigenvalue weighted by molar-refractivity contribution is 5.76. The summed E-state index contributed by atoms with van der Waals surface area (Å²) in [7, 11) is 6.77. The number of hydrogen-bond acceptors (Lipinski definition) is 8. The fourth-order valence-corrected chi connectivity index (χ4v) is 3.52. The van der Waals surface area contributed by atoms with E-state index in [9.17, 15) is 4.79 Å². The Kier molecular flexibility index (Phi) is 8.92. The SMILES string of the molecule is COc1ccc(CCCCNC(CC(=O)N(C)C)c2nc(C)nc(-n3ccnc3)n2)cc1OC. The number of nitrogens with one attached hydrogen (secondary N) is 1. The normalized spacial score (nSPS) is 11.8. The number of methoxy groups -OCH3 is 2. The molecule has 2 heterocycles. The second-order valence-corrected chi connectivity index (χ2v) is 8.16. The fourth-order valence-electron chi connectivity index (χ4n) is 3.52. The van der Waals surface area contributed by atoms with Crippen LogP contribution < -0.4 is 14.8 Å². The molecule has 3 aromatic rings. The van der Waals surface area contributed by atoms with Gasteiger partial charge in [-0.05, 0) is 50.4 Å². The topological polar surface area (TPSA) is 107 Å². The zero-order valence-corrected chi connectivity index (χ0v) is 20.5. The summed E-state index contributed by atoms with van der Waals surface area (Å²) in [6, 6.07) is 5.67. The van der Waals surface area contributed by atoms with Crippen LogP contribution in [0.5, 0.6) is 11.5 Å². The Morgan fingerprint density at radius 2 is 1.91 bits per heavy atom. The van der Waals surface area contributed by atoms with Gasteiger partial charge in [0.25, 0.3) is 0 Å². The average molecular weight is 468 g/mol. The van der Waals surface area contributed by atoms with E-state index in [4.69, 9.17) is 9.47 Å². The van der Waals surface area contributed by atoms with E-state index in [0.717, 1.165) is 37.3 Å². The fraction of sp³-hybridized carbons (Fsp3) is 0.458. The Morgan fingerprint density at radius 3 is 2.59 bits per heavy atom. The van der Waals surface area contributed by atoms with E-state index in [1.165, 1.54) is 5.56 Å². The summed E-state index contributed by atoms with van der Waals surface area (Å²) in [5.74, 6) is 3.09. The zero-order chi connectivity index (χ0) is 24.5. The summed E-state index contributed by atoms with van der Waals surface area (Å²) in [6.07, 6.45) is 8.17. The molecule has 1 aromatic carbocycles. The first-order chi connectivity index (χ1) is 16.4. The Hall–Kier alpha value is -3.53. The van der Waals surface area contributed by atoms with E-state index in [1.54, 1.807) is 56.5 Å². The van der Waals surface area contributed by atoms with Crippen LogP contribution in [0, 0.1) is 6.92 Å². The molecule has 0 fully saturated rings.